The molecular weight excluding hydrogens is 423 g/mol. The average molecular weight is 447 g/mol. The summed E-state index contributed by atoms with van der Waals surface area (Å²) in [5.41, 5.74) is 3.65. The zero-order chi connectivity index (χ0) is 23.5. The van der Waals surface area contributed by atoms with Crippen LogP contribution >= 0.6 is 0 Å². The fourth-order valence-electron chi connectivity index (χ4n) is 3.02. The van der Waals surface area contributed by atoms with E-state index in [2.05, 4.69) is 27.2 Å². The summed E-state index contributed by atoms with van der Waals surface area (Å²) in [6, 6.07) is 7.43. The van der Waals surface area contributed by atoms with Crippen molar-refractivity contribution in [3.8, 4) is 23.3 Å². The van der Waals surface area contributed by atoms with Gasteiger partial charge in [-0.1, -0.05) is 11.8 Å². The van der Waals surface area contributed by atoms with Gasteiger partial charge >= 0.3 is 6.36 Å². The fourth-order valence-corrected chi connectivity index (χ4v) is 3.02. The van der Waals surface area contributed by atoms with E-state index in [1.54, 1.807) is 0 Å². The van der Waals surface area contributed by atoms with Crippen molar-refractivity contribution in [2.75, 3.05) is 37.8 Å². The number of alkyl halides is 3. The molecule has 2 aromatic rings. The van der Waals surface area contributed by atoms with Crippen LogP contribution in [0.1, 0.15) is 16.7 Å². The molecule has 0 aliphatic carbocycles. The first-order chi connectivity index (χ1) is 15.0. The van der Waals surface area contributed by atoms with E-state index in [1.807, 2.05) is 45.0 Å². The third-order valence-corrected chi connectivity index (χ3v) is 4.73. The smallest absolute Gasteiger partial charge is 0.477 e. The number of halogens is 3. The molecule has 1 atom stereocenters. The summed E-state index contributed by atoms with van der Waals surface area (Å²) in [7, 11) is 3.84. The molecule has 0 radical (unpaired) electrons. The van der Waals surface area contributed by atoms with Gasteiger partial charge < -0.3 is 20.1 Å². The van der Waals surface area contributed by atoms with E-state index < -0.39 is 18.4 Å². The Hall–Kier alpha value is -3.38. The number of nitrogens with one attached hydrogen (secondary N) is 2. The molecule has 0 spiro atoms. The van der Waals surface area contributed by atoms with Crippen LogP contribution < -0.4 is 20.1 Å². The molecule has 0 saturated carbocycles. The Bertz CT molecular complexity index is 1070. The van der Waals surface area contributed by atoms with Crippen LogP contribution in [-0.2, 0) is 4.79 Å². The first-order valence-corrected chi connectivity index (χ1v) is 9.88. The van der Waals surface area contributed by atoms with Gasteiger partial charge in [-0.05, 0) is 63.3 Å². The predicted octanol–water partition coefficient (Wildman–Crippen LogP) is 3.93. The van der Waals surface area contributed by atoms with Crippen LogP contribution in [0.4, 0.5) is 24.5 Å². The van der Waals surface area contributed by atoms with Crippen LogP contribution in [0.5, 0.6) is 11.5 Å². The van der Waals surface area contributed by atoms with Crippen LogP contribution in [0.3, 0.4) is 0 Å². The summed E-state index contributed by atoms with van der Waals surface area (Å²) in [5, 5.41) is 5.79. The van der Waals surface area contributed by atoms with Crippen LogP contribution in [-0.4, -0.2) is 50.5 Å². The topological polar surface area (TPSA) is 62.8 Å². The number of hydrogen-bond acceptors (Lipinski definition) is 5. The molecule has 9 heteroatoms. The lowest BCUT2D eigenvalue weighted by Gasteiger charge is -2.27. The lowest BCUT2D eigenvalue weighted by Crippen LogP contribution is -2.41. The van der Waals surface area contributed by atoms with Crippen LogP contribution in [0.15, 0.2) is 30.3 Å². The van der Waals surface area contributed by atoms with Crippen molar-refractivity contribution >= 4 is 17.3 Å². The van der Waals surface area contributed by atoms with E-state index in [-0.39, 0.29) is 18.0 Å². The number of ether oxygens (including phenoxy) is 2. The highest BCUT2D eigenvalue weighted by Gasteiger charge is 2.32. The predicted molar refractivity (Wildman–Crippen MR) is 116 cm³/mol. The molecule has 2 aromatic carbocycles. The maximum absolute atomic E-state index is 12.9. The van der Waals surface area contributed by atoms with Crippen molar-refractivity contribution in [3.05, 3.63) is 47.0 Å². The van der Waals surface area contributed by atoms with E-state index in [0.717, 1.165) is 17.2 Å². The van der Waals surface area contributed by atoms with Crippen molar-refractivity contribution < 1.29 is 27.4 Å². The third kappa shape index (κ3) is 6.08. The Kier molecular flexibility index (Phi) is 6.84. The van der Waals surface area contributed by atoms with Gasteiger partial charge in [-0.25, -0.2) is 0 Å². The highest BCUT2D eigenvalue weighted by atomic mass is 19.4. The Balaban J connectivity index is 1.74. The van der Waals surface area contributed by atoms with E-state index in [4.69, 9.17) is 4.74 Å². The van der Waals surface area contributed by atoms with Gasteiger partial charge in [0.15, 0.2) is 6.10 Å². The number of aryl methyl sites for hydroxylation is 2. The van der Waals surface area contributed by atoms with Crippen molar-refractivity contribution in [2.24, 2.45) is 0 Å². The molecule has 0 fully saturated rings. The fraction of sp³-hybridized carbons (Fsp3) is 0.348. The van der Waals surface area contributed by atoms with E-state index in [0.29, 0.717) is 23.5 Å². The van der Waals surface area contributed by atoms with E-state index in [9.17, 15) is 18.0 Å². The molecule has 0 bridgehead atoms. The second-order valence-electron chi connectivity index (χ2n) is 7.70. The van der Waals surface area contributed by atoms with Crippen molar-refractivity contribution in [2.45, 2.75) is 26.3 Å². The quantitative estimate of drug-likeness (QED) is 0.696. The maximum Gasteiger partial charge on any atom is 0.573 e. The average Bonchev–Trinajstić information content (AvgIpc) is 2.69. The minimum absolute atomic E-state index is 0.0841. The van der Waals surface area contributed by atoms with Gasteiger partial charge in [0.2, 0.25) is 0 Å². The standard InChI is InChI=1S/C23H24F3N3O3/c1-14-10-16(6-5-9-29(3)4)18(11-15(14)2)28-22(30)21-13-27-19-12-17(32-23(24,25)26)7-8-20(19)31-21/h7-8,10-12,21,27H,9,13H2,1-4H3,(H,28,30). The van der Waals surface area contributed by atoms with Crippen LogP contribution in [0, 0.1) is 25.7 Å². The molecule has 3 rings (SSSR count). The number of nitrogens with zero attached hydrogens (tertiary/aromatic N) is 1. The summed E-state index contributed by atoms with van der Waals surface area (Å²) in [4.78, 5) is 14.8. The first-order valence-electron chi connectivity index (χ1n) is 9.88. The van der Waals surface area contributed by atoms with Gasteiger partial charge in [0.05, 0.1) is 24.5 Å². The van der Waals surface area contributed by atoms with Crippen LogP contribution in [0.25, 0.3) is 0 Å². The molecule has 1 heterocycles. The number of carbonyl (C=O) groups excluding carboxylic acids is 1. The number of hydrogen-bond donors (Lipinski definition) is 2. The summed E-state index contributed by atoms with van der Waals surface area (Å²) in [5.74, 6) is 5.66. The van der Waals surface area contributed by atoms with Gasteiger partial charge in [0.1, 0.15) is 11.5 Å². The third-order valence-electron chi connectivity index (χ3n) is 4.73. The zero-order valence-corrected chi connectivity index (χ0v) is 18.2. The van der Waals surface area contributed by atoms with Crippen molar-refractivity contribution in [1.29, 1.82) is 0 Å². The summed E-state index contributed by atoms with van der Waals surface area (Å²) in [6.07, 6.45) is -5.66. The van der Waals surface area contributed by atoms with Gasteiger partial charge in [0, 0.05) is 11.6 Å². The molecule has 1 unspecified atom stereocenters. The van der Waals surface area contributed by atoms with Crippen molar-refractivity contribution in [3.63, 3.8) is 0 Å². The van der Waals surface area contributed by atoms with Gasteiger partial charge in [-0.15, -0.1) is 13.2 Å². The molecule has 1 amide bonds. The van der Waals surface area contributed by atoms with E-state index in [1.165, 1.54) is 12.1 Å². The molecule has 2 N–H and O–H groups in total. The Morgan fingerprint density at radius 3 is 2.66 bits per heavy atom. The van der Waals surface area contributed by atoms with Crippen LogP contribution in [0.2, 0.25) is 0 Å². The lowest BCUT2D eigenvalue weighted by molar-refractivity contribution is -0.274. The second-order valence-corrected chi connectivity index (χ2v) is 7.70. The van der Waals surface area contributed by atoms with Gasteiger partial charge in [0.25, 0.3) is 5.91 Å². The zero-order valence-electron chi connectivity index (χ0n) is 18.2. The number of amides is 1. The Labute approximate surface area is 184 Å². The van der Waals surface area contributed by atoms with Gasteiger partial charge in [-0.3, -0.25) is 9.69 Å². The Morgan fingerprint density at radius 1 is 1.25 bits per heavy atom. The second kappa shape index (κ2) is 9.40. The summed E-state index contributed by atoms with van der Waals surface area (Å²) in [6.45, 7) is 4.57. The van der Waals surface area contributed by atoms with E-state index >= 15 is 0 Å². The molecule has 0 saturated heterocycles. The highest BCUT2D eigenvalue weighted by Crippen LogP contribution is 2.35. The van der Waals surface area contributed by atoms with Gasteiger partial charge in [-0.2, -0.15) is 0 Å². The SMILES string of the molecule is Cc1cc(C#CCN(C)C)c(NC(=O)C2CNc3cc(OC(F)(F)F)ccc3O2)cc1C. The number of anilines is 2. The molecule has 0 aromatic heterocycles. The molecule has 32 heavy (non-hydrogen) atoms. The minimum atomic E-state index is -4.79. The van der Waals surface area contributed by atoms with Crippen molar-refractivity contribution in [1.82, 2.24) is 4.90 Å². The molecule has 1 aliphatic rings. The first kappa shape index (κ1) is 23.3. The number of benzene rings is 2. The normalized spacial score (nSPS) is 15.1. The largest absolute Gasteiger partial charge is 0.573 e. The number of carbonyl (C=O) groups is 1. The lowest BCUT2D eigenvalue weighted by atomic mass is 10.0. The Morgan fingerprint density at radius 2 is 1.97 bits per heavy atom. The molecule has 1 aliphatic heterocycles. The number of fused-ring (bicyclic) bond motifs is 1. The summed E-state index contributed by atoms with van der Waals surface area (Å²) >= 11 is 0. The number of rotatable bonds is 4. The highest BCUT2D eigenvalue weighted by molar-refractivity contribution is 5.96. The monoisotopic (exact) mass is 447 g/mol. The molecule has 170 valence electrons. The maximum atomic E-state index is 12.9. The minimum Gasteiger partial charge on any atom is -0.477 e. The summed E-state index contributed by atoms with van der Waals surface area (Å²) < 4.78 is 46.9. The molecule has 6 nitrogen and oxygen atoms in total. The molecular formula is C23H24F3N3O3.